The van der Waals surface area contributed by atoms with E-state index in [1.54, 1.807) is 0 Å². The van der Waals surface area contributed by atoms with Crippen LogP contribution in [0.25, 0.3) is 0 Å². The van der Waals surface area contributed by atoms with Crippen molar-refractivity contribution in [3.8, 4) is 0 Å². The van der Waals surface area contributed by atoms with Crippen LogP contribution in [0.5, 0.6) is 0 Å². The van der Waals surface area contributed by atoms with Crippen molar-refractivity contribution in [2.45, 2.75) is 45.0 Å². The second-order valence-corrected chi connectivity index (χ2v) is 5.50. The van der Waals surface area contributed by atoms with E-state index < -0.39 is 0 Å². The molecule has 0 unspecified atom stereocenters. The van der Waals surface area contributed by atoms with Gasteiger partial charge in [0.2, 0.25) is 0 Å². The number of alkyl halides is 1. The van der Waals surface area contributed by atoms with Crippen molar-refractivity contribution < 1.29 is 0 Å². The molecule has 0 spiro atoms. The summed E-state index contributed by atoms with van der Waals surface area (Å²) in [6.45, 7) is 5.17. The number of aryl methyl sites for hydroxylation is 1. The van der Waals surface area contributed by atoms with Crippen molar-refractivity contribution >= 4 is 15.9 Å². The van der Waals surface area contributed by atoms with Crippen molar-refractivity contribution in [2.24, 2.45) is 5.92 Å². The van der Waals surface area contributed by atoms with Gasteiger partial charge in [0.25, 0.3) is 5.56 Å². The third kappa shape index (κ3) is 2.10. The molecular weight excluding hydrogens is 266 g/mol. The summed E-state index contributed by atoms with van der Waals surface area (Å²) in [5.74, 6) is 0.521. The van der Waals surface area contributed by atoms with Gasteiger partial charge in [-0.2, -0.15) is 0 Å². The van der Waals surface area contributed by atoms with Gasteiger partial charge < -0.3 is 4.57 Å². The minimum absolute atomic E-state index is 0.200. The highest BCUT2D eigenvalue weighted by Crippen LogP contribution is 2.22. The SMILES string of the molecule is CC(C)Cn1c2c(cc(CBr)c1=O)CCC2. The Balaban J connectivity index is 2.55. The molecule has 88 valence electrons. The van der Waals surface area contributed by atoms with Gasteiger partial charge in [0.05, 0.1) is 0 Å². The molecule has 1 aromatic rings. The third-order valence-electron chi connectivity index (χ3n) is 3.12. The van der Waals surface area contributed by atoms with Gasteiger partial charge in [-0.25, -0.2) is 0 Å². The van der Waals surface area contributed by atoms with E-state index in [0.29, 0.717) is 11.2 Å². The minimum atomic E-state index is 0.200. The van der Waals surface area contributed by atoms with E-state index in [9.17, 15) is 4.79 Å². The topological polar surface area (TPSA) is 22.0 Å². The lowest BCUT2D eigenvalue weighted by Crippen LogP contribution is -2.28. The Bertz CT molecular complexity index is 448. The van der Waals surface area contributed by atoms with Crippen LogP contribution < -0.4 is 5.56 Å². The first-order valence-electron chi connectivity index (χ1n) is 5.94. The molecule has 0 radical (unpaired) electrons. The molecule has 0 N–H and O–H groups in total. The number of fused-ring (bicyclic) bond motifs is 1. The Hall–Kier alpha value is -0.570. The molecule has 1 aromatic heterocycles. The van der Waals surface area contributed by atoms with Crippen molar-refractivity contribution in [1.29, 1.82) is 0 Å². The Kier molecular flexibility index (Phi) is 3.53. The van der Waals surface area contributed by atoms with E-state index in [-0.39, 0.29) is 5.56 Å². The highest BCUT2D eigenvalue weighted by Gasteiger charge is 2.18. The average Bonchev–Trinajstić information content (AvgIpc) is 2.69. The minimum Gasteiger partial charge on any atom is -0.312 e. The Morgan fingerprint density at radius 2 is 2.19 bits per heavy atom. The molecule has 2 nitrogen and oxygen atoms in total. The van der Waals surface area contributed by atoms with Gasteiger partial charge in [0.15, 0.2) is 0 Å². The summed E-state index contributed by atoms with van der Waals surface area (Å²) in [6, 6.07) is 2.09. The van der Waals surface area contributed by atoms with Crippen LogP contribution in [0.1, 0.15) is 37.1 Å². The Morgan fingerprint density at radius 3 is 2.81 bits per heavy atom. The molecule has 16 heavy (non-hydrogen) atoms. The summed E-state index contributed by atoms with van der Waals surface area (Å²) in [5.41, 5.74) is 3.77. The number of rotatable bonds is 3. The fourth-order valence-electron chi connectivity index (χ4n) is 2.44. The summed E-state index contributed by atoms with van der Waals surface area (Å²) < 4.78 is 2.00. The zero-order chi connectivity index (χ0) is 11.7. The van der Waals surface area contributed by atoms with Crippen molar-refractivity contribution in [3.05, 3.63) is 33.2 Å². The van der Waals surface area contributed by atoms with Crippen LogP contribution in [0.15, 0.2) is 10.9 Å². The van der Waals surface area contributed by atoms with Crippen molar-refractivity contribution in [3.63, 3.8) is 0 Å². The van der Waals surface area contributed by atoms with Crippen LogP contribution in [-0.4, -0.2) is 4.57 Å². The highest BCUT2D eigenvalue weighted by atomic mass is 79.9. The molecule has 0 bridgehead atoms. The average molecular weight is 284 g/mol. The van der Waals surface area contributed by atoms with E-state index in [1.807, 2.05) is 4.57 Å². The van der Waals surface area contributed by atoms with E-state index >= 15 is 0 Å². The van der Waals surface area contributed by atoms with Gasteiger partial charge in [-0.15, -0.1) is 0 Å². The monoisotopic (exact) mass is 283 g/mol. The van der Waals surface area contributed by atoms with Gasteiger partial charge in [0, 0.05) is 23.1 Å². The van der Waals surface area contributed by atoms with Crippen LogP contribution in [0, 0.1) is 5.92 Å². The largest absolute Gasteiger partial charge is 0.312 e. The maximum atomic E-state index is 12.2. The smallest absolute Gasteiger partial charge is 0.254 e. The predicted octanol–water partition coefficient (Wildman–Crippen LogP) is 2.89. The van der Waals surface area contributed by atoms with E-state index in [0.717, 1.165) is 24.9 Å². The zero-order valence-corrected chi connectivity index (χ0v) is 11.5. The maximum absolute atomic E-state index is 12.2. The molecule has 1 aliphatic rings. The number of hydrogen-bond donors (Lipinski definition) is 0. The number of hydrogen-bond acceptors (Lipinski definition) is 1. The first-order valence-corrected chi connectivity index (χ1v) is 7.06. The molecule has 1 heterocycles. The van der Waals surface area contributed by atoms with Gasteiger partial charge in [-0.05, 0) is 36.8 Å². The van der Waals surface area contributed by atoms with Gasteiger partial charge >= 0.3 is 0 Å². The van der Waals surface area contributed by atoms with Crippen molar-refractivity contribution in [1.82, 2.24) is 4.57 Å². The van der Waals surface area contributed by atoms with Gasteiger partial charge in [-0.3, -0.25) is 4.79 Å². The molecule has 0 aromatic carbocycles. The van der Waals surface area contributed by atoms with Crippen LogP contribution >= 0.6 is 15.9 Å². The molecule has 0 aliphatic heterocycles. The molecule has 0 atom stereocenters. The Labute approximate surface area is 105 Å². The molecule has 0 saturated heterocycles. The highest BCUT2D eigenvalue weighted by molar-refractivity contribution is 9.08. The van der Waals surface area contributed by atoms with Crippen LogP contribution in [-0.2, 0) is 24.7 Å². The van der Waals surface area contributed by atoms with Crippen LogP contribution in [0.4, 0.5) is 0 Å². The molecule has 2 rings (SSSR count). The van der Waals surface area contributed by atoms with Gasteiger partial charge in [0.1, 0.15) is 0 Å². The number of pyridine rings is 1. The number of aromatic nitrogens is 1. The first kappa shape index (κ1) is 11.9. The normalized spacial score (nSPS) is 14.5. The summed E-state index contributed by atoms with van der Waals surface area (Å²) in [7, 11) is 0. The number of nitrogens with zero attached hydrogens (tertiary/aromatic N) is 1. The molecule has 0 amide bonds. The molecule has 3 heteroatoms. The maximum Gasteiger partial charge on any atom is 0.254 e. The molecule has 1 aliphatic carbocycles. The first-order chi connectivity index (χ1) is 7.63. The zero-order valence-electron chi connectivity index (χ0n) is 9.92. The van der Waals surface area contributed by atoms with Crippen molar-refractivity contribution in [2.75, 3.05) is 0 Å². The third-order valence-corrected chi connectivity index (χ3v) is 3.72. The van der Waals surface area contributed by atoms with E-state index in [4.69, 9.17) is 0 Å². The summed E-state index contributed by atoms with van der Waals surface area (Å²) in [4.78, 5) is 12.2. The summed E-state index contributed by atoms with van der Waals surface area (Å²) in [6.07, 6.45) is 3.40. The van der Waals surface area contributed by atoms with Crippen LogP contribution in [0.2, 0.25) is 0 Å². The second kappa shape index (κ2) is 4.74. The van der Waals surface area contributed by atoms with Crippen LogP contribution in [0.3, 0.4) is 0 Å². The fraction of sp³-hybridized carbons (Fsp3) is 0.615. The van der Waals surface area contributed by atoms with Gasteiger partial charge in [-0.1, -0.05) is 29.8 Å². The lowest BCUT2D eigenvalue weighted by atomic mass is 10.1. The lowest BCUT2D eigenvalue weighted by molar-refractivity contribution is 0.496. The van der Waals surface area contributed by atoms with E-state index in [2.05, 4.69) is 35.8 Å². The fourth-order valence-corrected chi connectivity index (χ4v) is 2.84. The molecular formula is C13H18BrNO. The second-order valence-electron chi connectivity index (χ2n) is 4.94. The standard InChI is InChI=1S/C13H18BrNO/c1-9(2)8-15-12-5-3-4-10(12)6-11(7-14)13(15)16/h6,9H,3-5,7-8H2,1-2H3. The lowest BCUT2D eigenvalue weighted by Gasteiger charge is -2.15. The molecule has 0 saturated carbocycles. The Morgan fingerprint density at radius 1 is 1.44 bits per heavy atom. The quantitative estimate of drug-likeness (QED) is 0.782. The van der Waals surface area contributed by atoms with E-state index in [1.165, 1.54) is 17.7 Å². The molecule has 0 fully saturated rings. The summed E-state index contributed by atoms with van der Waals surface area (Å²) in [5, 5.41) is 0.664. The predicted molar refractivity (Wildman–Crippen MR) is 70.2 cm³/mol. The number of halogens is 1. The summed E-state index contributed by atoms with van der Waals surface area (Å²) >= 11 is 3.40.